The van der Waals surface area contributed by atoms with Gasteiger partial charge >= 0.3 is 0 Å². The number of imidazole rings is 1. The summed E-state index contributed by atoms with van der Waals surface area (Å²) in [6, 6.07) is 8.29. The Morgan fingerprint density at radius 1 is 1.18 bits per heavy atom. The molecule has 3 aromatic rings. The number of fused-ring (bicyclic) bond motifs is 2. The maximum Gasteiger partial charge on any atom is 0.273 e. The molecule has 0 bridgehead atoms. The summed E-state index contributed by atoms with van der Waals surface area (Å²) >= 11 is 0. The third-order valence-corrected chi connectivity index (χ3v) is 6.40. The van der Waals surface area contributed by atoms with Gasteiger partial charge in [0.1, 0.15) is 17.8 Å². The van der Waals surface area contributed by atoms with Crippen molar-refractivity contribution in [2.24, 2.45) is 0 Å². The Kier molecular flexibility index (Phi) is 6.41. The van der Waals surface area contributed by atoms with Crippen molar-refractivity contribution >= 4 is 11.8 Å². The maximum absolute atomic E-state index is 12.6. The SMILES string of the molecule is O=C(NC[C@H](O)CN1CCc2ccccc2C1)c1cn2c(n1)CCC(NC(=O)c1cocn1)C2. The molecule has 3 N–H and O–H groups in total. The molecular formula is C24H28N6O4. The average molecular weight is 465 g/mol. The molecule has 1 unspecified atom stereocenters. The summed E-state index contributed by atoms with van der Waals surface area (Å²) in [6.07, 6.45) is 5.90. The summed E-state index contributed by atoms with van der Waals surface area (Å²) in [5.74, 6) is 0.212. The highest BCUT2D eigenvalue weighted by molar-refractivity contribution is 5.92. The lowest BCUT2D eigenvalue weighted by Gasteiger charge is -2.30. The second-order valence-corrected chi connectivity index (χ2v) is 8.90. The van der Waals surface area contributed by atoms with Crippen molar-refractivity contribution in [3.63, 3.8) is 0 Å². The number of carbonyl (C=O) groups excluding carboxylic acids is 2. The minimum Gasteiger partial charge on any atom is -0.451 e. The average Bonchev–Trinajstić information content (AvgIpc) is 3.52. The van der Waals surface area contributed by atoms with Crippen LogP contribution < -0.4 is 10.6 Å². The first-order chi connectivity index (χ1) is 16.5. The molecule has 2 aliphatic rings. The summed E-state index contributed by atoms with van der Waals surface area (Å²) in [5, 5.41) is 16.2. The summed E-state index contributed by atoms with van der Waals surface area (Å²) in [7, 11) is 0. The Labute approximate surface area is 197 Å². The van der Waals surface area contributed by atoms with Crippen molar-refractivity contribution in [2.75, 3.05) is 19.6 Å². The van der Waals surface area contributed by atoms with Gasteiger partial charge in [0.15, 0.2) is 12.1 Å². The third kappa shape index (κ3) is 5.02. The van der Waals surface area contributed by atoms with Crippen LogP contribution in [0.1, 0.15) is 44.3 Å². The topological polar surface area (TPSA) is 126 Å². The number of amides is 2. The first-order valence-corrected chi connectivity index (χ1v) is 11.6. The maximum atomic E-state index is 12.6. The zero-order valence-corrected chi connectivity index (χ0v) is 18.8. The number of hydrogen-bond donors (Lipinski definition) is 3. The van der Waals surface area contributed by atoms with Gasteiger partial charge in [0.05, 0.1) is 6.10 Å². The Morgan fingerprint density at radius 3 is 2.85 bits per heavy atom. The van der Waals surface area contributed by atoms with Crippen LogP contribution in [-0.4, -0.2) is 68.1 Å². The van der Waals surface area contributed by atoms with Gasteiger partial charge in [-0.1, -0.05) is 24.3 Å². The molecule has 0 radical (unpaired) electrons. The van der Waals surface area contributed by atoms with E-state index in [2.05, 4.69) is 43.7 Å². The molecule has 178 valence electrons. The first kappa shape index (κ1) is 22.3. The van der Waals surface area contributed by atoms with Crippen molar-refractivity contribution in [1.29, 1.82) is 0 Å². The number of nitrogens with one attached hydrogen (secondary N) is 2. The fraction of sp³-hybridized carbons (Fsp3) is 0.417. The van der Waals surface area contributed by atoms with Gasteiger partial charge in [-0.25, -0.2) is 9.97 Å². The molecule has 2 amide bonds. The van der Waals surface area contributed by atoms with E-state index in [1.807, 2.05) is 10.6 Å². The number of β-amino-alcohol motifs (C(OH)–C–C–N with tert-alkyl or cyclic N) is 1. The zero-order chi connectivity index (χ0) is 23.5. The molecule has 5 rings (SSSR count). The van der Waals surface area contributed by atoms with Crippen molar-refractivity contribution in [3.05, 3.63) is 71.5 Å². The number of oxazole rings is 1. The molecule has 4 heterocycles. The third-order valence-electron chi connectivity index (χ3n) is 6.40. The Balaban J connectivity index is 1.10. The quantitative estimate of drug-likeness (QED) is 0.471. The normalized spacial score (nSPS) is 18.6. The van der Waals surface area contributed by atoms with Crippen LogP contribution in [0.4, 0.5) is 0 Å². The predicted molar refractivity (Wildman–Crippen MR) is 122 cm³/mol. The Morgan fingerprint density at radius 2 is 2.03 bits per heavy atom. The van der Waals surface area contributed by atoms with E-state index >= 15 is 0 Å². The molecule has 0 saturated heterocycles. The number of aliphatic hydroxyl groups is 1. The first-order valence-electron chi connectivity index (χ1n) is 11.6. The summed E-state index contributed by atoms with van der Waals surface area (Å²) in [5.41, 5.74) is 3.22. The van der Waals surface area contributed by atoms with Gasteiger partial charge in [0.2, 0.25) is 0 Å². The highest BCUT2D eigenvalue weighted by Gasteiger charge is 2.25. The van der Waals surface area contributed by atoms with Gasteiger partial charge in [0.25, 0.3) is 11.8 Å². The number of hydrogen-bond acceptors (Lipinski definition) is 7. The van der Waals surface area contributed by atoms with Crippen molar-refractivity contribution in [3.8, 4) is 0 Å². The molecule has 34 heavy (non-hydrogen) atoms. The summed E-state index contributed by atoms with van der Waals surface area (Å²) in [4.78, 5) is 35.4. The lowest BCUT2D eigenvalue weighted by molar-refractivity contribution is 0.0838. The van der Waals surface area contributed by atoms with Gasteiger partial charge in [0, 0.05) is 51.4 Å². The van der Waals surface area contributed by atoms with Gasteiger partial charge < -0.3 is 24.7 Å². The molecule has 0 saturated carbocycles. The summed E-state index contributed by atoms with van der Waals surface area (Å²) < 4.78 is 6.75. The highest BCUT2D eigenvalue weighted by Crippen LogP contribution is 2.19. The molecule has 0 aliphatic carbocycles. The number of aromatic nitrogens is 3. The number of aliphatic hydroxyl groups excluding tert-OH is 1. The van der Waals surface area contributed by atoms with E-state index in [0.717, 1.165) is 31.8 Å². The largest absolute Gasteiger partial charge is 0.451 e. The van der Waals surface area contributed by atoms with Crippen LogP contribution in [0, 0.1) is 0 Å². The van der Waals surface area contributed by atoms with Crippen LogP contribution in [0.5, 0.6) is 0 Å². The van der Waals surface area contributed by atoms with E-state index in [1.54, 1.807) is 6.20 Å². The molecule has 0 spiro atoms. The molecular weight excluding hydrogens is 436 g/mol. The van der Waals surface area contributed by atoms with Crippen molar-refractivity contribution in [1.82, 2.24) is 30.1 Å². The van der Waals surface area contributed by atoms with Crippen LogP contribution >= 0.6 is 0 Å². The molecule has 1 aromatic carbocycles. The number of rotatable bonds is 7. The van der Waals surface area contributed by atoms with Gasteiger partial charge in [-0.05, 0) is 24.0 Å². The standard InChI is InChI=1S/C24H28N6O4/c31-19(12-29-8-7-16-3-1-2-4-17(16)10-29)9-25-23(32)20-13-30-11-18(5-6-22(30)28-20)27-24(33)21-14-34-15-26-21/h1-4,13-15,18-19,31H,5-12H2,(H,25,32)(H,27,33)/t18?,19-/m0/s1. The van der Waals surface area contributed by atoms with Crippen LogP contribution in [0.2, 0.25) is 0 Å². The van der Waals surface area contributed by atoms with Gasteiger partial charge in [-0.3, -0.25) is 14.5 Å². The zero-order valence-electron chi connectivity index (χ0n) is 18.8. The van der Waals surface area contributed by atoms with E-state index in [0.29, 0.717) is 25.2 Å². The second kappa shape index (κ2) is 9.78. The fourth-order valence-corrected chi connectivity index (χ4v) is 4.63. The van der Waals surface area contributed by atoms with E-state index in [9.17, 15) is 14.7 Å². The lowest BCUT2D eigenvalue weighted by atomic mass is 10.00. The van der Waals surface area contributed by atoms with E-state index in [4.69, 9.17) is 4.42 Å². The molecule has 0 fully saturated rings. The van der Waals surface area contributed by atoms with Crippen LogP contribution in [0.3, 0.4) is 0 Å². The van der Waals surface area contributed by atoms with Crippen LogP contribution in [-0.2, 0) is 25.9 Å². The molecule has 10 nitrogen and oxygen atoms in total. The smallest absolute Gasteiger partial charge is 0.273 e. The molecule has 2 aromatic heterocycles. The fourth-order valence-electron chi connectivity index (χ4n) is 4.63. The van der Waals surface area contributed by atoms with Crippen molar-refractivity contribution < 1.29 is 19.1 Å². The number of benzene rings is 1. The number of aryl methyl sites for hydroxylation is 1. The minimum absolute atomic E-state index is 0.0849. The number of nitrogens with zero attached hydrogens (tertiary/aromatic N) is 4. The second-order valence-electron chi connectivity index (χ2n) is 8.90. The van der Waals surface area contributed by atoms with Gasteiger partial charge in [-0.2, -0.15) is 0 Å². The Hall–Kier alpha value is -3.50. The lowest BCUT2D eigenvalue weighted by Crippen LogP contribution is -2.42. The van der Waals surface area contributed by atoms with Gasteiger partial charge in [-0.15, -0.1) is 0 Å². The predicted octanol–water partition coefficient (Wildman–Crippen LogP) is 0.765. The van der Waals surface area contributed by atoms with E-state index < -0.39 is 6.10 Å². The van der Waals surface area contributed by atoms with Crippen LogP contribution in [0.15, 0.2) is 47.5 Å². The summed E-state index contributed by atoms with van der Waals surface area (Å²) in [6.45, 7) is 2.89. The van der Waals surface area contributed by atoms with Crippen LogP contribution in [0.25, 0.3) is 0 Å². The molecule has 2 aliphatic heterocycles. The number of carbonyl (C=O) groups is 2. The highest BCUT2D eigenvalue weighted by atomic mass is 16.3. The molecule has 2 atom stereocenters. The molecule has 10 heteroatoms. The Bertz CT molecular complexity index is 1160. The van der Waals surface area contributed by atoms with E-state index in [1.165, 1.54) is 23.8 Å². The minimum atomic E-state index is -0.664. The van der Waals surface area contributed by atoms with E-state index in [-0.39, 0.29) is 30.1 Å². The van der Waals surface area contributed by atoms with Crippen molar-refractivity contribution in [2.45, 2.75) is 44.5 Å². The monoisotopic (exact) mass is 464 g/mol.